The summed E-state index contributed by atoms with van der Waals surface area (Å²) < 4.78 is 7.86. The number of rotatable bonds is 8. The van der Waals surface area contributed by atoms with Crippen molar-refractivity contribution in [1.82, 2.24) is 14.8 Å². The lowest BCUT2D eigenvalue weighted by molar-refractivity contribution is -0.113. The molecular formula is C20H20Cl2N4O2S. The van der Waals surface area contributed by atoms with Gasteiger partial charge in [-0.25, -0.2) is 0 Å². The number of ether oxygens (including phenoxy) is 1. The summed E-state index contributed by atoms with van der Waals surface area (Å²) >= 11 is 13.5. The highest BCUT2D eigenvalue weighted by Gasteiger charge is 2.20. The average molecular weight is 451 g/mol. The SMILES string of the molecule is CCn1c(SCC(=O)Nc2ccccc2)nnc1C(C)Oc1cc(Cl)ccc1Cl. The van der Waals surface area contributed by atoms with Crippen molar-refractivity contribution in [3.05, 3.63) is 64.4 Å². The number of para-hydroxylation sites is 1. The van der Waals surface area contributed by atoms with E-state index in [9.17, 15) is 4.79 Å². The molecule has 0 spiro atoms. The number of amides is 1. The van der Waals surface area contributed by atoms with E-state index in [1.54, 1.807) is 18.2 Å². The lowest BCUT2D eigenvalue weighted by Gasteiger charge is -2.16. The molecule has 0 aliphatic carbocycles. The number of nitrogens with zero attached hydrogens (tertiary/aromatic N) is 3. The van der Waals surface area contributed by atoms with Gasteiger partial charge in [-0.3, -0.25) is 4.79 Å². The summed E-state index contributed by atoms with van der Waals surface area (Å²) in [5, 5.41) is 13.0. The van der Waals surface area contributed by atoms with E-state index < -0.39 is 6.10 Å². The summed E-state index contributed by atoms with van der Waals surface area (Å²) in [6.45, 7) is 4.49. The van der Waals surface area contributed by atoms with Crippen LogP contribution in [0, 0.1) is 0 Å². The Balaban J connectivity index is 1.66. The number of benzene rings is 2. The zero-order chi connectivity index (χ0) is 20.8. The van der Waals surface area contributed by atoms with Crippen LogP contribution in [0.25, 0.3) is 0 Å². The summed E-state index contributed by atoms with van der Waals surface area (Å²) in [5.74, 6) is 1.24. The Morgan fingerprint density at radius 2 is 1.97 bits per heavy atom. The summed E-state index contributed by atoms with van der Waals surface area (Å²) in [5.41, 5.74) is 0.760. The number of anilines is 1. The van der Waals surface area contributed by atoms with Crippen molar-refractivity contribution in [1.29, 1.82) is 0 Å². The molecule has 1 atom stereocenters. The lowest BCUT2D eigenvalue weighted by atomic mass is 10.3. The number of carbonyl (C=O) groups excluding carboxylic acids is 1. The van der Waals surface area contributed by atoms with Crippen LogP contribution in [0.5, 0.6) is 5.75 Å². The van der Waals surface area contributed by atoms with Gasteiger partial charge < -0.3 is 14.6 Å². The first kappa shape index (κ1) is 21.5. The van der Waals surface area contributed by atoms with Crippen LogP contribution in [0.15, 0.2) is 53.7 Å². The largest absolute Gasteiger partial charge is 0.481 e. The maximum absolute atomic E-state index is 12.2. The monoisotopic (exact) mass is 450 g/mol. The maximum Gasteiger partial charge on any atom is 0.234 e. The van der Waals surface area contributed by atoms with Gasteiger partial charge in [0.25, 0.3) is 0 Å². The molecular weight excluding hydrogens is 431 g/mol. The Labute approximate surface area is 183 Å². The number of nitrogens with one attached hydrogen (secondary N) is 1. The molecule has 0 aliphatic heterocycles. The maximum atomic E-state index is 12.2. The van der Waals surface area contributed by atoms with Gasteiger partial charge in [0.15, 0.2) is 17.1 Å². The molecule has 1 aromatic heterocycles. The highest BCUT2D eigenvalue weighted by Crippen LogP contribution is 2.32. The first-order valence-electron chi connectivity index (χ1n) is 9.00. The van der Waals surface area contributed by atoms with Gasteiger partial charge in [0, 0.05) is 23.3 Å². The fourth-order valence-electron chi connectivity index (χ4n) is 2.66. The van der Waals surface area contributed by atoms with E-state index in [1.165, 1.54) is 11.8 Å². The van der Waals surface area contributed by atoms with E-state index in [0.29, 0.717) is 33.3 Å². The Bertz CT molecular complexity index is 982. The molecule has 1 heterocycles. The summed E-state index contributed by atoms with van der Waals surface area (Å²) in [4.78, 5) is 12.2. The molecule has 152 valence electrons. The standard InChI is InChI=1S/C20H20Cl2N4O2S/c1-3-26-19(13(2)28-17-11-14(21)9-10-16(17)22)24-25-20(26)29-12-18(27)23-15-7-5-4-6-8-15/h4-11,13H,3,12H2,1-2H3,(H,23,27). The van der Waals surface area contributed by atoms with Crippen molar-refractivity contribution in [2.75, 3.05) is 11.1 Å². The molecule has 0 radical (unpaired) electrons. The Kier molecular flexibility index (Phi) is 7.41. The fraction of sp³-hybridized carbons (Fsp3) is 0.250. The van der Waals surface area contributed by atoms with Crippen LogP contribution in [0.2, 0.25) is 10.0 Å². The van der Waals surface area contributed by atoms with E-state index in [-0.39, 0.29) is 11.7 Å². The first-order valence-corrected chi connectivity index (χ1v) is 10.7. The van der Waals surface area contributed by atoms with Crippen LogP contribution >= 0.6 is 35.0 Å². The minimum Gasteiger partial charge on any atom is -0.481 e. The van der Waals surface area contributed by atoms with Gasteiger partial charge in [-0.2, -0.15) is 0 Å². The molecule has 1 unspecified atom stereocenters. The predicted octanol–water partition coefficient (Wildman–Crippen LogP) is 5.48. The summed E-state index contributed by atoms with van der Waals surface area (Å²) in [7, 11) is 0. The van der Waals surface area contributed by atoms with Crippen LogP contribution in [0.1, 0.15) is 25.8 Å². The second-order valence-electron chi connectivity index (χ2n) is 6.12. The third-order valence-corrected chi connectivity index (χ3v) is 5.53. The molecule has 0 saturated carbocycles. The van der Waals surface area contributed by atoms with Crippen molar-refractivity contribution in [3.8, 4) is 5.75 Å². The fourth-order valence-corrected chi connectivity index (χ4v) is 3.80. The van der Waals surface area contributed by atoms with E-state index >= 15 is 0 Å². The van der Waals surface area contributed by atoms with Gasteiger partial charge in [0.2, 0.25) is 5.91 Å². The quantitative estimate of drug-likeness (QED) is 0.460. The number of hydrogen-bond donors (Lipinski definition) is 1. The molecule has 29 heavy (non-hydrogen) atoms. The summed E-state index contributed by atoms with van der Waals surface area (Å²) in [6.07, 6.45) is -0.397. The van der Waals surface area contributed by atoms with Crippen molar-refractivity contribution in [2.45, 2.75) is 31.7 Å². The number of aromatic nitrogens is 3. The molecule has 1 N–H and O–H groups in total. The van der Waals surface area contributed by atoms with Crippen molar-refractivity contribution < 1.29 is 9.53 Å². The molecule has 0 aliphatic rings. The molecule has 0 bridgehead atoms. The van der Waals surface area contributed by atoms with Gasteiger partial charge in [-0.1, -0.05) is 53.2 Å². The van der Waals surface area contributed by atoms with Gasteiger partial charge >= 0.3 is 0 Å². The zero-order valence-corrected chi connectivity index (χ0v) is 18.3. The normalized spacial score (nSPS) is 11.9. The van der Waals surface area contributed by atoms with E-state index in [1.807, 2.05) is 48.7 Å². The number of carbonyl (C=O) groups is 1. The molecule has 3 rings (SSSR count). The number of hydrogen-bond acceptors (Lipinski definition) is 5. The Morgan fingerprint density at radius 3 is 2.69 bits per heavy atom. The topological polar surface area (TPSA) is 69.0 Å². The third kappa shape index (κ3) is 5.65. The van der Waals surface area contributed by atoms with Gasteiger partial charge in [-0.15, -0.1) is 10.2 Å². The Morgan fingerprint density at radius 1 is 1.21 bits per heavy atom. The van der Waals surface area contributed by atoms with Gasteiger partial charge in [0.05, 0.1) is 10.8 Å². The zero-order valence-electron chi connectivity index (χ0n) is 15.9. The average Bonchev–Trinajstić information content (AvgIpc) is 3.13. The smallest absolute Gasteiger partial charge is 0.234 e. The molecule has 2 aromatic carbocycles. The number of halogens is 2. The molecule has 3 aromatic rings. The highest BCUT2D eigenvalue weighted by molar-refractivity contribution is 7.99. The van der Waals surface area contributed by atoms with Crippen molar-refractivity contribution in [2.24, 2.45) is 0 Å². The summed E-state index contributed by atoms with van der Waals surface area (Å²) in [6, 6.07) is 14.4. The number of thioether (sulfide) groups is 1. The van der Waals surface area contributed by atoms with Crippen LogP contribution in [0.3, 0.4) is 0 Å². The molecule has 6 nitrogen and oxygen atoms in total. The minimum absolute atomic E-state index is 0.108. The van der Waals surface area contributed by atoms with Gasteiger partial charge in [0.1, 0.15) is 5.75 Å². The van der Waals surface area contributed by atoms with Crippen LogP contribution < -0.4 is 10.1 Å². The molecule has 0 fully saturated rings. The highest BCUT2D eigenvalue weighted by atomic mass is 35.5. The van der Waals surface area contributed by atoms with Crippen LogP contribution in [-0.4, -0.2) is 26.4 Å². The third-order valence-electron chi connectivity index (χ3n) is 4.01. The molecule has 0 saturated heterocycles. The van der Waals surface area contributed by atoms with Gasteiger partial charge in [-0.05, 0) is 38.1 Å². The predicted molar refractivity (Wildman–Crippen MR) is 117 cm³/mol. The first-order chi connectivity index (χ1) is 14.0. The molecule has 9 heteroatoms. The van der Waals surface area contributed by atoms with Crippen LogP contribution in [0.4, 0.5) is 5.69 Å². The van der Waals surface area contributed by atoms with E-state index in [0.717, 1.165) is 5.69 Å². The van der Waals surface area contributed by atoms with Crippen LogP contribution in [-0.2, 0) is 11.3 Å². The minimum atomic E-state index is -0.397. The Hall–Kier alpha value is -2.22. The second kappa shape index (κ2) is 10.0. The van der Waals surface area contributed by atoms with E-state index in [2.05, 4.69) is 15.5 Å². The van der Waals surface area contributed by atoms with Crippen molar-refractivity contribution in [3.63, 3.8) is 0 Å². The lowest BCUT2D eigenvalue weighted by Crippen LogP contribution is -2.15. The van der Waals surface area contributed by atoms with E-state index in [4.69, 9.17) is 27.9 Å². The second-order valence-corrected chi connectivity index (χ2v) is 7.91. The molecule has 1 amide bonds. The van der Waals surface area contributed by atoms with Crippen molar-refractivity contribution >= 4 is 46.6 Å².